The van der Waals surface area contributed by atoms with Gasteiger partial charge in [0.1, 0.15) is 0 Å². The van der Waals surface area contributed by atoms with Gasteiger partial charge in [-0.1, -0.05) is 36.4 Å². The Balaban J connectivity index is 1.40. The minimum Gasteiger partial charge on any atom is -0.383 e. The van der Waals surface area contributed by atoms with Gasteiger partial charge in [0.05, 0.1) is 11.5 Å². The summed E-state index contributed by atoms with van der Waals surface area (Å²) in [5, 5.41) is 5.59. The smallest absolute Gasteiger partial charge is 0.261 e. The van der Waals surface area contributed by atoms with Gasteiger partial charge < -0.3 is 14.6 Å². The van der Waals surface area contributed by atoms with E-state index < -0.39 is 0 Å². The molecule has 2 aromatic carbocycles. The summed E-state index contributed by atoms with van der Waals surface area (Å²) < 4.78 is 8.50. The van der Waals surface area contributed by atoms with Crippen molar-refractivity contribution in [1.82, 2.24) is 14.8 Å². The monoisotopic (exact) mass is 447 g/mol. The number of fused-ring (bicyclic) bond motifs is 2. The van der Waals surface area contributed by atoms with Gasteiger partial charge in [-0.25, -0.2) is 0 Å². The van der Waals surface area contributed by atoms with Gasteiger partial charge in [-0.05, 0) is 41.6 Å². The Kier molecular flexibility index (Phi) is 6.00. The number of hydrogen-bond acceptors (Lipinski definition) is 4. The normalized spacial score (nSPS) is 16.9. The molecule has 2 aromatic heterocycles. The predicted octanol–water partition coefficient (Wildman–Crippen LogP) is 4.76. The summed E-state index contributed by atoms with van der Waals surface area (Å²) in [6.45, 7) is 4.01. The lowest BCUT2D eigenvalue weighted by atomic mass is 9.95. The molecule has 1 saturated heterocycles. The van der Waals surface area contributed by atoms with E-state index in [1.54, 1.807) is 18.4 Å². The van der Waals surface area contributed by atoms with Crippen LogP contribution in [0.5, 0.6) is 0 Å². The molecule has 4 aromatic rings. The third-order valence-corrected chi connectivity index (χ3v) is 7.67. The molecule has 0 spiro atoms. The fourth-order valence-corrected chi connectivity index (χ4v) is 6.20. The Hall–Kier alpha value is -2.67. The average Bonchev–Trinajstić information content (AvgIpc) is 3.50. The van der Waals surface area contributed by atoms with Crippen LogP contribution in [-0.2, 0) is 18.3 Å². The lowest BCUT2D eigenvalue weighted by molar-refractivity contribution is 0.0940. The number of amides is 1. The number of carbonyl (C=O) groups excluding carboxylic acids is 1. The Morgan fingerprint density at radius 3 is 2.78 bits per heavy atom. The minimum absolute atomic E-state index is 0.0192. The lowest BCUT2D eigenvalue weighted by Gasteiger charge is -2.16. The van der Waals surface area contributed by atoms with Gasteiger partial charge in [0.25, 0.3) is 5.91 Å². The molecule has 1 N–H and O–H groups in total. The molecule has 0 saturated carbocycles. The van der Waals surface area contributed by atoms with Crippen LogP contribution in [0.25, 0.3) is 21.0 Å². The maximum Gasteiger partial charge on any atom is 0.261 e. The molecule has 3 heterocycles. The van der Waals surface area contributed by atoms with Crippen LogP contribution in [0.15, 0.2) is 54.7 Å². The first-order valence-electron chi connectivity index (χ1n) is 11.2. The van der Waals surface area contributed by atoms with Gasteiger partial charge in [-0.3, -0.25) is 9.69 Å². The number of carbonyl (C=O) groups is 1. The third-order valence-electron chi connectivity index (χ3n) is 6.49. The molecule has 5 rings (SSSR count). The van der Waals surface area contributed by atoms with E-state index >= 15 is 0 Å². The number of aromatic nitrogens is 1. The third kappa shape index (κ3) is 3.94. The Labute approximate surface area is 192 Å². The zero-order chi connectivity index (χ0) is 22.1. The number of rotatable bonds is 7. The molecule has 32 heavy (non-hydrogen) atoms. The first-order valence-corrected chi connectivity index (χ1v) is 12.0. The van der Waals surface area contributed by atoms with Crippen LogP contribution >= 0.6 is 11.3 Å². The van der Waals surface area contributed by atoms with Crippen LogP contribution in [-0.4, -0.2) is 48.7 Å². The van der Waals surface area contributed by atoms with E-state index in [0.29, 0.717) is 19.1 Å². The van der Waals surface area contributed by atoms with Crippen LogP contribution in [0.4, 0.5) is 0 Å². The number of likely N-dealkylation sites (tertiary alicyclic amines) is 1. The highest BCUT2D eigenvalue weighted by molar-refractivity contribution is 7.21. The molecule has 166 valence electrons. The number of hydrogen-bond donors (Lipinski definition) is 1. The van der Waals surface area contributed by atoms with E-state index in [2.05, 4.69) is 76.6 Å². The number of aryl methyl sites for hydroxylation is 1. The average molecular weight is 448 g/mol. The second-order valence-electron chi connectivity index (χ2n) is 8.59. The molecule has 1 amide bonds. The van der Waals surface area contributed by atoms with Crippen molar-refractivity contribution in [2.24, 2.45) is 7.05 Å². The number of thiophene rings is 1. The van der Waals surface area contributed by atoms with Crippen LogP contribution < -0.4 is 5.32 Å². The summed E-state index contributed by atoms with van der Waals surface area (Å²) in [6.07, 6.45) is 3.33. The molecule has 5 nitrogen and oxygen atoms in total. The standard InChI is InChI=1S/C26H29N3O2S/c1-28-15-19(20-7-3-5-9-22(20)28)17-29-13-11-18(16-29)24-21-8-4-6-10-23(21)32-25(24)26(30)27-12-14-31-2/h3-10,15,18H,11-14,16-17H2,1-2H3,(H,27,30)/t18-/m1/s1. The number of para-hydroxylation sites is 1. The van der Waals surface area contributed by atoms with Crippen molar-refractivity contribution < 1.29 is 9.53 Å². The van der Waals surface area contributed by atoms with E-state index in [-0.39, 0.29) is 5.91 Å². The molecule has 6 heteroatoms. The van der Waals surface area contributed by atoms with E-state index in [0.717, 1.165) is 30.9 Å². The highest BCUT2D eigenvalue weighted by Gasteiger charge is 2.30. The largest absolute Gasteiger partial charge is 0.383 e. The fraction of sp³-hybridized carbons (Fsp3) is 0.346. The van der Waals surface area contributed by atoms with Gasteiger partial charge in [-0.15, -0.1) is 11.3 Å². The van der Waals surface area contributed by atoms with Crippen molar-refractivity contribution in [3.8, 4) is 0 Å². The summed E-state index contributed by atoms with van der Waals surface area (Å²) in [4.78, 5) is 16.4. The number of benzene rings is 2. The number of nitrogens with zero attached hydrogens (tertiary/aromatic N) is 2. The van der Waals surface area contributed by atoms with Gasteiger partial charge in [-0.2, -0.15) is 0 Å². The first-order chi connectivity index (χ1) is 15.7. The lowest BCUT2D eigenvalue weighted by Crippen LogP contribution is -2.27. The summed E-state index contributed by atoms with van der Waals surface area (Å²) in [5.41, 5.74) is 3.87. The summed E-state index contributed by atoms with van der Waals surface area (Å²) in [5.74, 6) is 0.384. The fourth-order valence-electron chi connectivity index (χ4n) is 4.99. The zero-order valence-corrected chi connectivity index (χ0v) is 19.5. The van der Waals surface area contributed by atoms with Crippen molar-refractivity contribution >= 4 is 38.2 Å². The van der Waals surface area contributed by atoms with Crippen LogP contribution in [0, 0.1) is 0 Å². The SMILES string of the molecule is COCCNC(=O)c1sc2ccccc2c1[C@@H]1CCN(Cc2cn(C)c3ccccc23)C1. The minimum atomic E-state index is 0.0192. The van der Waals surface area contributed by atoms with Gasteiger partial charge in [0.15, 0.2) is 0 Å². The molecule has 0 unspecified atom stereocenters. The van der Waals surface area contributed by atoms with E-state index in [1.165, 1.54) is 32.1 Å². The van der Waals surface area contributed by atoms with Crippen molar-refractivity contribution in [3.05, 3.63) is 70.7 Å². The molecule has 1 aliphatic rings. The summed E-state index contributed by atoms with van der Waals surface area (Å²) in [6, 6.07) is 17.0. The number of ether oxygens (including phenoxy) is 1. The number of nitrogens with one attached hydrogen (secondary N) is 1. The summed E-state index contributed by atoms with van der Waals surface area (Å²) in [7, 11) is 3.77. The van der Waals surface area contributed by atoms with Crippen LogP contribution in [0.1, 0.15) is 33.1 Å². The topological polar surface area (TPSA) is 46.5 Å². The van der Waals surface area contributed by atoms with Gasteiger partial charge in [0.2, 0.25) is 0 Å². The molecular formula is C26H29N3O2S. The highest BCUT2D eigenvalue weighted by Crippen LogP contribution is 2.40. The molecule has 0 radical (unpaired) electrons. The highest BCUT2D eigenvalue weighted by atomic mass is 32.1. The van der Waals surface area contributed by atoms with E-state index in [1.807, 2.05) is 0 Å². The zero-order valence-electron chi connectivity index (χ0n) is 18.6. The maximum atomic E-state index is 13.0. The van der Waals surface area contributed by atoms with Crippen molar-refractivity contribution in [2.45, 2.75) is 18.9 Å². The molecule has 0 aliphatic carbocycles. The Morgan fingerprint density at radius 1 is 1.16 bits per heavy atom. The van der Waals surface area contributed by atoms with Crippen molar-refractivity contribution in [3.63, 3.8) is 0 Å². The van der Waals surface area contributed by atoms with Gasteiger partial charge in [0, 0.05) is 61.5 Å². The van der Waals surface area contributed by atoms with Crippen LogP contribution in [0.2, 0.25) is 0 Å². The summed E-state index contributed by atoms with van der Waals surface area (Å²) >= 11 is 1.61. The second kappa shape index (κ2) is 9.06. The Morgan fingerprint density at radius 2 is 1.94 bits per heavy atom. The van der Waals surface area contributed by atoms with Crippen molar-refractivity contribution in [2.75, 3.05) is 33.4 Å². The quantitative estimate of drug-likeness (QED) is 0.416. The first kappa shape index (κ1) is 21.2. The molecule has 1 atom stereocenters. The molecule has 0 bridgehead atoms. The molecular weight excluding hydrogens is 418 g/mol. The van der Waals surface area contributed by atoms with Crippen LogP contribution in [0.3, 0.4) is 0 Å². The van der Waals surface area contributed by atoms with Gasteiger partial charge >= 0.3 is 0 Å². The van der Waals surface area contributed by atoms with Crippen molar-refractivity contribution in [1.29, 1.82) is 0 Å². The predicted molar refractivity (Wildman–Crippen MR) is 132 cm³/mol. The molecule has 1 fully saturated rings. The number of methoxy groups -OCH3 is 1. The molecule has 1 aliphatic heterocycles. The van der Waals surface area contributed by atoms with E-state index in [4.69, 9.17) is 4.74 Å². The second-order valence-corrected chi connectivity index (χ2v) is 9.65. The van der Waals surface area contributed by atoms with E-state index in [9.17, 15) is 4.79 Å². The Bertz CT molecular complexity index is 1260. The maximum absolute atomic E-state index is 13.0.